The molecule has 8 heteroatoms. The Balaban J connectivity index is 1.53. The Morgan fingerprint density at radius 2 is 1.85 bits per heavy atom. The summed E-state index contributed by atoms with van der Waals surface area (Å²) in [5.74, 6) is -0.468. The first-order valence-corrected chi connectivity index (χ1v) is 12.6. The van der Waals surface area contributed by atoms with Gasteiger partial charge in [-0.25, -0.2) is 0 Å². The number of carbonyl (C=O) groups is 3. The number of rotatable bonds is 6. The largest absolute Gasteiger partial charge is 0.381 e. The van der Waals surface area contributed by atoms with Gasteiger partial charge in [-0.2, -0.15) is 0 Å². The van der Waals surface area contributed by atoms with Gasteiger partial charge in [0.15, 0.2) is 0 Å². The van der Waals surface area contributed by atoms with Crippen molar-refractivity contribution in [2.75, 3.05) is 14.2 Å². The molecule has 0 saturated carbocycles. The third-order valence-electron chi connectivity index (χ3n) is 7.83. The van der Waals surface area contributed by atoms with Crippen LogP contribution in [0.1, 0.15) is 69.0 Å². The monoisotopic (exact) mass is 470 g/mol. The molecule has 8 nitrogen and oxygen atoms in total. The highest BCUT2D eigenvalue weighted by Gasteiger charge is 2.46. The molecule has 0 unspecified atom stereocenters. The van der Waals surface area contributed by atoms with E-state index in [1.54, 1.807) is 26.0 Å². The van der Waals surface area contributed by atoms with Crippen LogP contribution in [0, 0.1) is 0 Å². The molecule has 0 bridgehead atoms. The van der Waals surface area contributed by atoms with Gasteiger partial charge in [0.25, 0.3) is 0 Å². The average Bonchev–Trinajstić information content (AvgIpc) is 3.27. The predicted octanol–water partition coefficient (Wildman–Crippen LogP) is 1.83. The summed E-state index contributed by atoms with van der Waals surface area (Å²) < 4.78 is 5.68. The number of methoxy groups -OCH3 is 1. The van der Waals surface area contributed by atoms with Crippen LogP contribution in [0.15, 0.2) is 24.3 Å². The van der Waals surface area contributed by atoms with Crippen molar-refractivity contribution in [3.63, 3.8) is 0 Å². The molecule has 3 aliphatic rings. The lowest BCUT2D eigenvalue weighted by Crippen LogP contribution is -2.58. The van der Waals surface area contributed by atoms with Gasteiger partial charge in [-0.1, -0.05) is 24.3 Å². The molecule has 6 atom stereocenters. The highest BCUT2D eigenvalue weighted by molar-refractivity contribution is 5.93. The first kappa shape index (κ1) is 24.7. The molecule has 2 heterocycles. The van der Waals surface area contributed by atoms with Crippen molar-refractivity contribution in [3.05, 3.63) is 35.4 Å². The van der Waals surface area contributed by atoms with Gasteiger partial charge in [-0.05, 0) is 76.5 Å². The van der Waals surface area contributed by atoms with E-state index in [9.17, 15) is 14.4 Å². The molecular weight excluding hydrogens is 432 g/mol. The van der Waals surface area contributed by atoms with Gasteiger partial charge in [0.2, 0.25) is 17.7 Å². The van der Waals surface area contributed by atoms with E-state index < -0.39 is 18.1 Å². The van der Waals surface area contributed by atoms with E-state index in [0.29, 0.717) is 25.7 Å². The lowest BCUT2D eigenvalue weighted by molar-refractivity contribution is -0.145. The number of benzene rings is 1. The van der Waals surface area contributed by atoms with E-state index in [1.165, 1.54) is 11.1 Å². The molecule has 1 aromatic rings. The number of aryl methyl sites for hydroxylation is 1. The second kappa shape index (κ2) is 10.9. The van der Waals surface area contributed by atoms with Crippen molar-refractivity contribution in [1.82, 2.24) is 20.9 Å². The van der Waals surface area contributed by atoms with Gasteiger partial charge in [-0.15, -0.1) is 0 Å². The van der Waals surface area contributed by atoms with Crippen LogP contribution in [0.5, 0.6) is 0 Å². The molecule has 2 fully saturated rings. The molecule has 0 radical (unpaired) electrons. The lowest BCUT2D eigenvalue weighted by Gasteiger charge is -2.38. The van der Waals surface area contributed by atoms with Crippen molar-refractivity contribution in [3.8, 4) is 0 Å². The van der Waals surface area contributed by atoms with Crippen molar-refractivity contribution >= 4 is 17.7 Å². The maximum Gasteiger partial charge on any atom is 0.246 e. The molecule has 4 rings (SSSR count). The van der Waals surface area contributed by atoms with Crippen LogP contribution < -0.4 is 16.0 Å². The Kier molecular flexibility index (Phi) is 7.88. The predicted molar refractivity (Wildman–Crippen MR) is 129 cm³/mol. The first-order valence-electron chi connectivity index (χ1n) is 12.6. The zero-order chi connectivity index (χ0) is 24.2. The lowest BCUT2D eigenvalue weighted by atomic mass is 9.87. The van der Waals surface area contributed by atoms with Gasteiger partial charge in [0.05, 0.1) is 18.2 Å². The molecule has 1 aliphatic carbocycles. The summed E-state index contributed by atoms with van der Waals surface area (Å²) in [7, 11) is 3.40. The first-order chi connectivity index (χ1) is 16.4. The van der Waals surface area contributed by atoms with E-state index in [-0.39, 0.29) is 35.9 Å². The Morgan fingerprint density at radius 3 is 2.62 bits per heavy atom. The van der Waals surface area contributed by atoms with Crippen LogP contribution in [-0.2, 0) is 25.5 Å². The maximum absolute atomic E-state index is 13.7. The van der Waals surface area contributed by atoms with Gasteiger partial charge in [0.1, 0.15) is 12.1 Å². The Bertz CT molecular complexity index is 907. The number of likely N-dealkylation sites (N-methyl/N-ethyl adjacent to an activating group) is 1. The van der Waals surface area contributed by atoms with Gasteiger partial charge < -0.3 is 25.6 Å². The molecular formula is C26H38N4O4. The standard InChI is InChI=1S/C26H38N4O4/c1-16(27-2)24(31)29-22-13-12-19(34-3)15-18-11-14-23(30(18)26(22)33)25(32)28-21-10-6-8-17-7-4-5-9-20(17)21/h4-5,7,9,16,18-19,21-23,27H,6,8,10-15H2,1-3H3,(H,28,32)(H,29,31)/t16-,18+,19+,21+,22-,23-/m0/s1. The van der Waals surface area contributed by atoms with E-state index in [2.05, 4.69) is 28.1 Å². The van der Waals surface area contributed by atoms with E-state index in [4.69, 9.17) is 4.74 Å². The van der Waals surface area contributed by atoms with Crippen LogP contribution in [0.4, 0.5) is 0 Å². The zero-order valence-corrected chi connectivity index (χ0v) is 20.5. The Labute approximate surface area is 202 Å². The van der Waals surface area contributed by atoms with Gasteiger partial charge >= 0.3 is 0 Å². The summed E-state index contributed by atoms with van der Waals surface area (Å²) in [6.07, 6.45) is 6.25. The van der Waals surface area contributed by atoms with Gasteiger partial charge in [-0.3, -0.25) is 14.4 Å². The van der Waals surface area contributed by atoms with Crippen LogP contribution in [0.3, 0.4) is 0 Å². The minimum atomic E-state index is -0.660. The van der Waals surface area contributed by atoms with Crippen molar-refractivity contribution in [2.45, 2.75) is 94.6 Å². The van der Waals surface area contributed by atoms with E-state index >= 15 is 0 Å². The fraction of sp³-hybridized carbons (Fsp3) is 0.654. The van der Waals surface area contributed by atoms with Crippen molar-refractivity contribution in [2.24, 2.45) is 0 Å². The Hall–Kier alpha value is -2.45. The number of carbonyl (C=O) groups excluding carboxylic acids is 3. The van der Waals surface area contributed by atoms with Crippen molar-refractivity contribution in [1.29, 1.82) is 0 Å². The number of ether oxygens (including phenoxy) is 1. The number of hydrogen-bond donors (Lipinski definition) is 3. The van der Waals surface area contributed by atoms with Crippen LogP contribution >= 0.6 is 0 Å². The molecule has 3 N–H and O–H groups in total. The second-order valence-corrected chi connectivity index (χ2v) is 9.89. The van der Waals surface area contributed by atoms with Crippen LogP contribution in [0.25, 0.3) is 0 Å². The molecule has 2 aliphatic heterocycles. The van der Waals surface area contributed by atoms with Gasteiger partial charge in [0, 0.05) is 13.2 Å². The average molecular weight is 471 g/mol. The third kappa shape index (κ3) is 5.13. The molecule has 3 amide bonds. The maximum atomic E-state index is 13.7. The fourth-order valence-corrected chi connectivity index (χ4v) is 5.73. The summed E-state index contributed by atoms with van der Waals surface area (Å²) in [4.78, 5) is 41.5. The van der Waals surface area contributed by atoms with E-state index in [0.717, 1.165) is 25.7 Å². The smallest absolute Gasteiger partial charge is 0.246 e. The molecule has 186 valence electrons. The zero-order valence-electron chi connectivity index (χ0n) is 20.5. The summed E-state index contributed by atoms with van der Waals surface area (Å²) in [5, 5.41) is 9.09. The molecule has 34 heavy (non-hydrogen) atoms. The third-order valence-corrected chi connectivity index (χ3v) is 7.83. The minimum absolute atomic E-state index is 0.00578. The topological polar surface area (TPSA) is 99.8 Å². The molecule has 2 saturated heterocycles. The minimum Gasteiger partial charge on any atom is -0.381 e. The quantitative estimate of drug-likeness (QED) is 0.589. The number of amides is 3. The molecule has 0 spiro atoms. The number of nitrogens with one attached hydrogen (secondary N) is 3. The molecule has 0 aromatic heterocycles. The number of fused-ring (bicyclic) bond motifs is 2. The normalized spacial score (nSPS) is 29.9. The second-order valence-electron chi connectivity index (χ2n) is 9.89. The Morgan fingerprint density at radius 1 is 1.06 bits per heavy atom. The van der Waals surface area contributed by atoms with E-state index in [1.807, 2.05) is 12.1 Å². The highest BCUT2D eigenvalue weighted by Crippen LogP contribution is 2.34. The van der Waals surface area contributed by atoms with Crippen LogP contribution in [-0.4, -0.2) is 67.1 Å². The summed E-state index contributed by atoms with van der Waals surface area (Å²) in [5.41, 5.74) is 2.47. The van der Waals surface area contributed by atoms with Crippen molar-refractivity contribution < 1.29 is 19.1 Å². The number of nitrogens with zero attached hydrogens (tertiary/aromatic N) is 1. The van der Waals surface area contributed by atoms with Crippen LogP contribution in [0.2, 0.25) is 0 Å². The SMILES string of the molecule is CN[C@@H](C)C(=O)N[C@H]1CC[C@@H](OC)C[C@H]2CC[C@@H](C(=O)N[C@@H]3CCCc4ccccc43)N2C1=O. The summed E-state index contributed by atoms with van der Waals surface area (Å²) >= 11 is 0. The highest BCUT2D eigenvalue weighted by atomic mass is 16.5. The fourth-order valence-electron chi connectivity index (χ4n) is 5.73. The molecule has 1 aromatic carbocycles. The number of hydrogen-bond acceptors (Lipinski definition) is 5. The summed E-state index contributed by atoms with van der Waals surface area (Å²) in [6.45, 7) is 1.76. The summed E-state index contributed by atoms with van der Waals surface area (Å²) in [6, 6.07) is 6.60.